The van der Waals surface area contributed by atoms with Crippen LogP contribution in [0, 0.1) is 11.7 Å². The average molecular weight is 309 g/mol. The summed E-state index contributed by atoms with van der Waals surface area (Å²) in [6, 6.07) is 3.95. The molecule has 0 fully saturated rings. The molecule has 1 amide bonds. The van der Waals surface area contributed by atoms with Crippen molar-refractivity contribution < 1.29 is 18.7 Å². The summed E-state index contributed by atoms with van der Waals surface area (Å²) in [5.41, 5.74) is 0.267. The van der Waals surface area contributed by atoms with E-state index in [0.717, 1.165) is 12.5 Å². The highest BCUT2D eigenvalue weighted by Gasteiger charge is 2.18. The van der Waals surface area contributed by atoms with Crippen LogP contribution in [0.4, 0.5) is 4.39 Å². The number of halogens is 1. The molecule has 1 aromatic carbocycles. The maximum Gasteiger partial charge on any atom is 0.310 e. The zero-order valence-electron chi connectivity index (χ0n) is 13.7. The monoisotopic (exact) mass is 309 g/mol. The van der Waals surface area contributed by atoms with Gasteiger partial charge >= 0.3 is 5.97 Å². The zero-order chi connectivity index (χ0) is 16.7. The Kier molecular flexibility index (Phi) is 7.02. The molecule has 0 aliphatic carbocycles. The van der Waals surface area contributed by atoms with E-state index in [9.17, 15) is 14.0 Å². The lowest BCUT2D eigenvalue weighted by molar-refractivity contribution is -0.134. The molecule has 1 aromatic rings. The third-order valence-corrected chi connectivity index (χ3v) is 3.06. The van der Waals surface area contributed by atoms with E-state index < -0.39 is 11.8 Å². The summed E-state index contributed by atoms with van der Waals surface area (Å²) in [7, 11) is 0. The Hall–Kier alpha value is -1.91. The molecule has 0 heterocycles. The second kappa shape index (κ2) is 8.51. The first kappa shape index (κ1) is 18.1. The number of rotatable bonds is 7. The molecule has 0 aliphatic rings. The van der Waals surface area contributed by atoms with Gasteiger partial charge in [-0.3, -0.25) is 9.59 Å². The van der Waals surface area contributed by atoms with Gasteiger partial charge in [0.2, 0.25) is 0 Å². The van der Waals surface area contributed by atoms with Crippen molar-refractivity contribution in [1.82, 2.24) is 4.90 Å². The van der Waals surface area contributed by atoms with Gasteiger partial charge in [0.15, 0.2) is 11.6 Å². The summed E-state index contributed by atoms with van der Waals surface area (Å²) in [6.07, 6.45) is 1.01. The lowest BCUT2D eigenvalue weighted by atomic mass is 10.1. The van der Waals surface area contributed by atoms with E-state index in [1.165, 1.54) is 12.1 Å². The number of benzene rings is 1. The number of carbonyl (C=O) groups is 2. The molecule has 0 N–H and O–H groups in total. The molecule has 0 unspecified atom stereocenters. The summed E-state index contributed by atoms with van der Waals surface area (Å²) in [5, 5.41) is 0. The Morgan fingerprint density at radius 2 is 1.95 bits per heavy atom. The molecule has 0 atom stereocenters. The molecule has 0 aromatic heterocycles. The van der Waals surface area contributed by atoms with Gasteiger partial charge in [-0.15, -0.1) is 0 Å². The fourth-order valence-electron chi connectivity index (χ4n) is 2.08. The first-order valence-electron chi connectivity index (χ1n) is 7.68. The van der Waals surface area contributed by atoms with Crippen LogP contribution < -0.4 is 4.74 Å². The molecule has 0 saturated carbocycles. The molecule has 1 rings (SSSR count). The number of ether oxygens (including phenoxy) is 1. The number of carbonyl (C=O) groups excluding carboxylic acids is 2. The Balaban J connectivity index is 2.93. The lowest BCUT2D eigenvalue weighted by Crippen LogP contribution is -2.34. The van der Waals surface area contributed by atoms with Crippen LogP contribution in [-0.4, -0.2) is 29.9 Å². The summed E-state index contributed by atoms with van der Waals surface area (Å²) >= 11 is 0. The molecule has 122 valence electrons. The summed E-state index contributed by atoms with van der Waals surface area (Å²) in [4.78, 5) is 25.4. The van der Waals surface area contributed by atoms with E-state index in [2.05, 4.69) is 0 Å². The molecule has 4 nitrogen and oxygen atoms in total. The van der Waals surface area contributed by atoms with Gasteiger partial charge < -0.3 is 9.64 Å². The van der Waals surface area contributed by atoms with Crippen molar-refractivity contribution in [3.63, 3.8) is 0 Å². The van der Waals surface area contributed by atoms with E-state index in [4.69, 9.17) is 4.74 Å². The van der Waals surface area contributed by atoms with Gasteiger partial charge in [-0.25, -0.2) is 4.39 Å². The molecule has 0 spiro atoms. The van der Waals surface area contributed by atoms with Gasteiger partial charge in [0, 0.05) is 25.1 Å². The highest BCUT2D eigenvalue weighted by molar-refractivity contribution is 5.94. The van der Waals surface area contributed by atoms with Crippen LogP contribution >= 0.6 is 0 Å². The fraction of sp³-hybridized carbons (Fsp3) is 0.529. The number of amides is 1. The molecular formula is C17H24FNO3. The number of esters is 1. The van der Waals surface area contributed by atoms with E-state index in [1.807, 2.05) is 20.8 Å². The minimum Gasteiger partial charge on any atom is -0.423 e. The van der Waals surface area contributed by atoms with Crippen molar-refractivity contribution in [2.24, 2.45) is 5.92 Å². The Morgan fingerprint density at radius 3 is 2.45 bits per heavy atom. The van der Waals surface area contributed by atoms with Crippen LogP contribution in [0.2, 0.25) is 0 Å². The third kappa shape index (κ3) is 5.13. The van der Waals surface area contributed by atoms with Crippen molar-refractivity contribution in [3.05, 3.63) is 29.6 Å². The van der Waals surface area contributed by atoms with Gasteiger partial charge in [-0.1, -0.05) is 27.7 Å². The maximum atomic E-state index is 14.0. The smallest absolute Gasteiger partial charge is 0.310 e. The highest BCUT2D eigenvalue weighted by atomic mass is 19.1. The average Bonchev–Trinajstić information content (AvgIpc) is 2.47. The summed E-state index contributed by atoms with van der Waals surface area (Å²) in [5.74, 6) is -1.22. The topological polar surface area (TPSA) is 46.6 Å². The van der Waals surface area contributed by atoms with Gasteiger partial charge in [-0.2, -0.15) is 0 Å². The van der Waals surface area contributed by atoms with Crippen LogP contribution in [-0.2, 0) is 4.79 Å². The minimum absolute atomic E-state index is 0.144. The van der Waals surface area contributed by atoms with Crippen molar-refractivity contribution >= 4 is 11.9 Å². The number of hydrogen-bond donors (Lipinski definition) is 0. The van der Waals surface area contributed by atoms with Crippen LogP contribution in [0.15, 0.2) is 18.2 Å². The van der Waals surface area contributed by atoms with Gasteiger partial charge in [0.25, 0.3) is 5.91 Å². The number of nitrogens with zero attached hydrogens (tertiary/aromatic N) is 1. The Labute approximate surface area is 131 Å². The molecule has 0 bridgehead atoms. The highest BCUT2D eigenvalue weighted by Crippen LogP contribution is 2.20. The SMILES string of the molecule is CCCN(CC(C)C)C(=O)c1ccc(OC(=O)CC)c(F)c1. The van der Waals surface area contributed by atoms with E-state index in [1.54, 1.807) is 11.8 Å². The Morgan fingerprint density at radius 1 is 1.27 bits per heavy atom. The van der Waals surface area contributed by atoms with E-state index in [-0.39, 0.29) is 23.6 Å². The van der Waals surface area contributed by atoms with Crippen LogP contribution in [0.25, 0.3) is 0 Å². The molecule has 0 radical (unpaired) electrons. The van der Waals surface area contributed by atoms with Crippen molar-refractivity contribution in [2.45, 2.75) is 40.5 Å². The third-order valence-electron chi connectivity index (χ3n) is 3.06. The van der Waals surface area contributed by atoms with Gasteiger partial charge in [0.1, 0.15) is 0 Å². The van der Waals surface area contributed by atoms with Crippen molar-refractivity contribution in [3.8, 4) is 5.75 Å². The van der Waals surface area contributed by atoms with Crippen LogP contribution in [0.1, 0.15) is 50.9 Å². The minimum atomic E-state index is -0.700. The largest absolute Gasteiger partial charge is 0.423 e. The summed E-state index contributed by atoms with van der Waals surface area (Å²) < 4.78 is 18.8. The predicted molar refractivity (Wildman–Crippen MR) is 83.4 cm³/mol. The first-order chi connectivity index (χ1) is 10.4. The predicted octanol–water partition coefficient (Wildman–Crippen LogP) is 3.65. The fourth-order valence-corrected chi connectivity index (χ4v) is 2.08. The zero-order valence-corrected chi connectivity index (χ0v) is 13.7. The molecular weight excluding hydrogens is 285 g/mol. The first-order valence-corrected chi connectivity index (χ1v) is 7.68. The van der Waals surface area contributed by atoms with Crippen LogP contribution in [0.3, 0.4) is 0 Å². The summed E-state index contributed by atoms with van der Waals surface area (Å²) in [6.45, 7) is 8.95. The van der Waals surface area contributed by atoms with Crippen molar-refractivity contribution in [1.29, 1.82) is 0 Å². The van der Waals surface area contributed by atoms with Crippen LogP contribution in [0.5, 0.6) is 5.75 Å². The molecule has 0 saturated heterocycles. The molecule has 0 aliphatic heterocycles. The van der Waals surface area contributed by atoms with E-state index >= 15 is 0 Å². The second-order valence-corrected chi connectivity index (χ2v) is 5.62. The number of hydrogen-bond acceptors (Lipinski definition) is 3. The molecule has 5 heteroatoms. The van der Waals surface area contributed by atoms with Gasteiger partial charge in [0.05, 0.1) is 0 Å². The quantitative estimate of drug-likeness (QED) is 0.570. The molecule has 22 heavy (non-hydrogen) atoms. The van der Waals surface area contributed by atoms with Gasteiger partial charge in [-0.05, 0) is 30.5 Å². The Bertz CT molecular complexity index is 529. The van der Waals surface area contributed by atoms with Crippen molar-refractivity contribution in [2.75, 3.05) is 13.1 Å². The normalized spacial score (nSPS) is 10.6. The maximum absolute atomic E-state index is 14.0. The lowest BCUT2D eigenvalue weighted by Gasteiger charge is -2.24. The van der Waals surface area contributed by atoms with E-state index in [0.29, 0.717) is 19.0 Å². The second-order valence-electron chi connectivity index (χ2n) is 5.62. The standard InChI is InChI=1S/C17H24FNO3/c1-5-9-19(11-12(3)4)17(21)13-7-8-15(14(18)10-13)22-16(20)6-2/h7-8,10,12H,5-6,9,11H2,1-4H3.